The second-order valence-corrected chi connectivity index (χ2v) is 6.92. The highest BCUT2D eigenvalue weighted by Crippen LogP contribution is 2.26. The standard InChI is InChI=1S/C19H18FN5O2S/c1-13-16(8-11-27-13)18-22-23-19(24(18)2)28-12-17(26)25(10-3-9-21)15-6-4-14(20)5-7-15/h4-8,11H,3,10,12H2,1-2H3. The molecular weight excluding hydrogens is 381 g/mol. The first-order chi connectivity index (χ1) is 13.5. The molecule has 0 aliphatic heterocycles. The van der Waals surface area contributed by atoms with Crippen molar-refractivity contribution >= 4 is 23.4 Å². The number of aryl methyl sites for hydroxylation is 1. The Morgan fingerprint density at radius 1 is 1.32 bits per heavy atom. The van der Waals surface area contributed by atoms with Crippen LogP contribution < -0.4 is 4.90 Å². The van der Waals surface area contributed by atoms with Gasteiger partial charge in [0, 0.05) is 19.3 Å². The zero-order chi connectivity index (χ0) is 20.1. The minimum absolute atomic E-state index is 0.110. The normalized spacial score (nSPS) is 10.6. The van der Waals surface area contributed by atoms with E-state index in [0.717, 1.165) is 11.3 Å². The van der Waals surface area contributed by atoms with Gasteiger partial charge in [-0.2, -0.15) is 5.26 Å². The highest BCUT2D eigenvalue weighted by atomic mass is 32.2. The average molecular weight is 399 g/mol. The highest BCUT2D eigenvalue weighted by molar-refractivity contribution is 7.99. The Balaban J connectivity index is 1.72. The average Bonchev–Trinajstić information content (AvgIpc) is 3.26. The molecule has 0 radical (unpaired) electrons. The zero-order valence-corrected chi connectivity index (χ0v) is 16.2. The van der Waals surface area contributed by atoms with E-state index in [0.29, 0.717) is 16.7 Å². The van der Waals surface area contributed by atoms with Crippen molar-refractivity contribution in [3.05, 3.63) is 48.2 Å². The molecule has 0 saturated heterocycles. The quantitative estimate of drug-likeness (QED) is 0.565. The van der Waals surface area contributed by atoms with E-state index in [-0.39, 0.29) is 30.4 Å². The van der Waals surface area contributed by atoms with Crippen LogP contribution >= 0.6 is 11.8 Å². The Morgan fingerprint density at radius 3 is 2.71 bits per heavy atom. The summed E-state index contributed by atoms with van der Waals surface area (Å²) in [6.07, 6.45) is 1.77. The predicted octanol–water partition coefficient (Wildman–Crippen LogP) is 3.56. The van der Waals surface area contributed by atoms with Crippen LogP contribution in [0.2, 0.25) is 0 Å². The first kappa shape index (κ1) is 19.6. The zero-order valence-electron chi connectivity index (χ0n) is 15.4. The molecule has 0 unspecified atom stereocenters. The van der Waals surface area contributed by atoms with Crippen LogP contribution in [0.5, 0.6) is 0 Å². The SMILES string of the molecule is Cc1occc1-c1nnc(SCC(=O)N(CCC#N)c2ccc(F)cc2)n1C. The van der Waals surface area contributed by atoms with E-state index < -0.39 is 0 Å². The summed E-state index contributed by atoms with van der Waals surface area (Å²) < 4.78 is 20.3. The maximum absolute atomic E-state index is 13.2. The molecule has 0 atom stereocenters. The number of rotatable bonds is 7. The van der Waals surface area contributed by atoms with E-state index in [2.05, 4.69) is 10.2 Å². The molecule has 0 N–H and O–H groups in total. The molecular formula is C19H18FN5O2S. The lowest BCUT2D eigenvalue weighted by Gasteiger charge is -2.21. The van der Waals surface area contributed by atoms with Gasteiger partial charge in [-0.1, -0.05) is 11.8 Å². The van der Waals surface area contributed by atoms with Crippen molar-refractivity contribution in [3.8, 4) is 17.5 Å². The van der Waals surface area contributed by atoms with Crippen LogP contribution in [0.15, 0.2) is 46.2 Å². The van der Waals surface area contributed by atoms with E-state index in [4.69, 9.17) is 9.68 Å². The minimum Gasteiger partial charge on any atom is -0.469 e. The Bertz CT molecular complexity index is 1010. The van der Waals surface area contributed by atoms with Crippen molar-refractivity contribution in [2.24, 2.45) is 7.05 Å². The molecule has 0 bridgehead atoms. The van der Waals surface area contributed by atoms with Gasteiger partial charge >= 0.3 is 0 Å². The maximum Gasteiger partial charge on any atom is 0.237 e. The predicted molar refractivity (Wildman–Crippen MR) is 103 cm³/mol. The molecule has 144 valence electrons. The molecule has 28 heavy (non-hydrogen) atoms. The number of anilines is 1. The van der Waals surface area contributed by atoms with Crippen LogP contribution in [-0.2, 0) is 11.8 Å². The van der Waals surface area contributed by atoms with Gasteiger partial charge in [-0.15, -0.1) is 10.2 Å². The maximum atomic E-state index is 13.2. The van der Waals surface area contributed by atoms with Crippen molar-refractivity contribution in [3.63, 3.8) is 0 Å². The van der Waals surface area contributed by atoms with Gasteiger partial charge < -0.3 is 13.9 Å². The Labute approximate surface area is 165 Å². The summed E-state index contributed by atoms with van der Waals surface area (Å²) in [7, 11) is 1.82. The van der Waals surface area contributed by atoms with Crippen molar-refractivity contribution in [1.82, 2.24) is 14.8 Å². The highest BCUT2D eigenvalue weighted by Gasteiger charge is 2.19. The van der Waals surface area contributed by atoms with Crippen LogP contribution in [0, 0.1) is 24.1 Å². The number of amides is 1. The fraction of sp³-hybridized carbons (Fsp3) is 0.263. The van der Waals surface area contributed by atoms with Gasteiger partial charge in [-0.3, -0.25) is 4.79 Å². The molecule has 7 nitrogen and oxygen atoms in total. The molecule has 0 fully saturated rings. The number of aromatic nitrogens is 3. The lowest BCUT2D eigenvalue weighted by atomic mass is 10.2. The Kier molecular flexibility index (Phi) is 6.11. The summed E-state index contributed by atoms with van der Waals surface area (Å²) in [4.78, 5) is 14.2. The second kappa shape index (κ2) is 8.71. The second-order valence-electron chi connectivity index (χ2n) is 5.97. The number of carbonyl (C=O) groups excluding carboxylic acids is 1. The van der Waals surface area contributed by atoms with E-state index in [1.54, 1.807) is 10.8 Å². The number of benzene rings is 1. The third kappa shape index (κ3) is 4.23. The number of carbonyl (C=O) groups is 1. The van der Waals surface area contributed by atoms with Crippen molar-refractivity contribution in [2.75, 3.05) is 17.2 Å². The summed E-state index contributed by atoms with van der Waals surface area (Å²) in [5.41, 5.74) is 1.39. The summed E-state index contributed by atoms with van der Waals surface area (Å²) in [6, 6.07) is 9.48. The van der Waals surface area contributed by atoms with Crippen molar-refractivity contribution in [1.29, 1.82) is 5.26 Å². The van der Waals surface area contributed by atoms with Crippen molar-refractivity contribution < 1.29 is 13.6 Å². The van der Waals surface area contributed by atoms with Crippen LogP contribution in [0.3, 0.4) is 0 Å². The van der Waals surface area contributed by atoms with Crippen molar-refractivity contribution in [2.45, 2.75) is 18.5 Å². The minimum atomic E-state index is -0.382. The number of halogens is 1. The molecule has 2 aromatic heterocycles. The number of thioether (sulfide) groups is 1. The lowest BCUT2D eigenvalue weighted by Crippen LogP contribution is -2.33. The number of furan rings is 1. The largest absolute Gasteiger partial charge is 0.469 e. The molecule has 0 saturated carbocycles. The summed E-state index contributed by atoms with van der Waals surface area (Å²) in [6.45, 7) is 2.08. The van der Waals surface area contributed by atoms with E-state index in [1.165, 1.54) is 40.9 Å². The van der Waals surface area contributed by atoms with E-state index >= 15 is 0 Å². The molecule has 2 heterocycles. The van der Waals surface area contributed by atoms with Crippen LogP contribution in [0.4, 0.5) is 10.1 Å². The van der Waals surface area contributed by atoms with Gasteiger partial charge in [0.1, 0.15) is 11.6 Å². The molecule has 1 aromatic carbocycles. The summed E-state index contributed by atoms with van der Waals surface area (Å²) in [5.74, 6) is 0.921. The summed E-state index contributed by atoms with van der Waals surface area (Å²) in [5, 5.41) is 17.8. The van der Waals surface area contributed by atoms with Crippen LogP contribution in [0.25, 0.3) is 11.4 Å². The van der Waals surface area contributed by atoms with Gasteiger partial charge in [0.25, 0.3) is 0 Å². The molecule has 9 heteroatoms. The third-order valence-electron chi connectivity index (χ3n) is 4.15. The molecule has 3 aromatic rings. The Morgan fingerprint density at radius 2 is 2.07 bits per heavy atom. The smallest absolute Gasteiger partial charge is 0.237 e. The van der Waals surface area contributed by atoms with Gasteiger partial charge in [0.2, 0.25) is 5.91 Å². The molecule has 0 aliphatic rings. The fourth-order valence-electron chi connectivity index (χ4n) is 2.68. The van der Waals surface area contributed by atoms with Crippen LogP contribution in [-0.4, -0.2) is 33.0 Å². The molecule has 0 aliphatic carbocycles. The van der Waals surface area contributed by atoms with E-state index in [9.17, 15) is 9.18 Å². The Hall–Kier alpha value is -3.12. The van der Waals surface area contributed by atoms with Gasteiger partial charge in [-0.25, -0.2) is 4.39 Å². The van der Waals surface area contributed by atoms with Gasteiger partial charge in [0.15, 0.2) is 11.0 Å². The third-order valence-corrected chi connectivity index (χ3v) is 5.15. The number of hydrogen-bond donors (Lipinski definition) is 0. The summed E-state index contributed by atoms with van der Waals surface area (Å²) >= 11 is 1.25. The molecule has 3 rings (SSSR count). The first-order valence-electron chi connectivity index (χ1n) is 8.50. The van der Waals surface area contributed by atoms with Crippen LogP contribution in [0.1, 0.15) is 12.2 Å². The molecule has 0 spiro atoms. The number of hydrogen-bond acceptors (Lipinski definition) is 6. The monoisotopic (exact) mass is 399 g/mol. The van der Waals surface area contributed by atoms with Gasteiger partial charge in [-0.05, 0) is 37.3 Å². The lowest BCUT2D eigenvalue weighted by molar-refractivity contribution is -0.116. The number of nitrogens with zero attached hydrogens (tertiary/aromatic N) is 5. The first-order valence-corrected chi connectivity index (χ1v) is 9.49. The van der Waals surface area contributed by atoms with E-state index in [1.807, 2.05) is 26.1 Å². The molecule has 1 amide bonds. The fourth-order valence-corrected chi connectivity index (χ4v) is 3.46. The number of nitriles is 1. The van der Waals surface area contributed by atoms with Gasteiger partial charge in [0.05, 0.1) is 30.1 Å². The topological polar surface area (TPSA) is 88.0 Å².